The quantitative estimate of drug-likeness (QED) is 0.374. The van der Waals surface area contributed by atoms with Gasteiger partial charge in [-0.2, -0.15) is 0 Å². The lowest BCUT2D eigenvalue weighted by molar-refractivity contribution is -0.124. The van der Waals surface area contributed by atoms with Crippen LogP contribution in [0.1, 0.15) is 37.8 Å². The first-order valence-electron chi connectivity index (χ1n) is 10.8. The standard InChI is InChI=1S/C24H30N4O2/c1-2-13-27(16-19-8-9-19)17-21-24(20-6-4-3-5-7-20)25-22-15-18(12-14-28(21)22)10-11-23(29)26-30/h3-7,10-12,14-15,19,21,24,30H,2,8-9,13,16-17H2,1H3,(H,26,29)/b11-10+. The summed E-state index contributed by atoms with van der Waals surface area (Å²) in [5.74, 6) is 1.23. The molecule has 1 saturated carbocycles. The van der Waals surface area contributed by atoms with Gasteiger partial charge in [-0.25, -0.2) is 5.48 Å². The van der Waals surface area contributed by atoms with Gasteiger partial charge in [-0.05, 0) is 61.1 Å². The van der Waals surface area contributed by atoms with Gasteiger partial charge in [0.1, 0.15) is 5.84 Å². The fraction of sp³-hybridized carbons (Fsp3) is 0.417. The fourth-order valence-corrected chi connectivity index (χ4v) is 4.23. The molecule has 0 radical (unpaired) electrons. The molecule has 2 atom stereocenters. The van der Waals surface area contributed by atoms with Crippen LogP contribution in [-0.4, -0.2) is 52.4 Å². The fourth-order valence-electron chi connectivity index (χ4n) is 4.23. The molecule has 6 heteroatoms. The molecular weight excluding hydrogens is 376 g/mol. The van der Waals surface area contributed by atoms with E-state index < -0.39 is 5.91 Å². The summed E-state index contributed by atoms with van der Waals surface area (Å²) >= 11 is 0. The Hall–Kier alpha value is -2.70. The average molecular weight is 407 g/mol. The van der Waals surface area contributed by atoms with E-state index in [4.69, 9.17) is 10.2 Å². The highest BCUT2D eigenvalue weighted by Crippen LogP contribution is 2.36. The normalized spacial score (nSPS) is 23.0. The Morgan fingerprint density at radius 1 is 1.30 bits per heavy atom. The van der Waals surface area contributed by atoms with E-state index in [9.17, 15) is 4.79 Å². The lowest BCUT2D eigenvalue weighted by Gasteiger charge is -2.33. The Morgan fingerprint density at radius 2 is 2.10 bits per heavy atom. The van der Waals surface area contributed by atoms with Crippen molar-refractivity contribution in [3.05, 3.63) is 72.0 Å². The summed E-state index contributed by atoms with van der Waals surface area (Å²) in [7, 11) is 0. The van der Waals surface area contributed by atoms with Crippen LogP contribution in [-0.2, 0) is 4.79 Å². The number of amidine groups is 1. The molecule has 0 spiro atoms. The Balaban J connectivity index is 1.58. The summed E-state index contributed by atoms with van der Waals surface area (Å²) in [6, 6.07) is 10.8. The third-order valence-corrected chi connectivity index (χ3v) is 5.86. The minimum atomic E-state index is -0.546. The zero-order valence-electron chi connectivity index (χ0n) is 17.4. The van der Waals surface area contributed by atoms with E-state index in [0.29, 0.717) is 0 Å². The zero-order valence-corrected chi connectivity index (χ0v) is 17.4. The molecule has 6 nitrogen and oxygen atoms in total. The first kappa shape index (κ1) is 20.6. The van der Waals surface area contributed by atoms with Gasteiger partial charge in [0.15, 0.2) is 0 Å². The zero-order chi connectivity index (χ0) is 20.9. The molecule has 2 heterocycles. The first-order chi connectivity index (χ1) is 14.7. The van der Waals surface area contributed by atoms with Crippen molar-refractivity contribution < 1.29 is 10.0 Å². The van der Waals surface area contributed by atoms with Crippen LogP contribution in [0.5, 0.6) is 0 Å². The van der Waals surface area contributed by atoms with Crippen molar-refractivity contribution in [2.24, 2.45) is 10.9 Å². The summed E-state index contributed by atoms with van der Waals surface area (Å²) in [4.78, 5) is 21.3. The van der Waals surface area contributed by atoms with Gasteiger partial charge in [-0.1, -0.05) is 37.3 Å². The number of amides is 1. The molecule has 4 rings (SSSR count). The largest absolute Gasteiger partial charge is 0.326 e. The van der Waals surface area contributed by atoms with Gasteiger partial charge in [0.25, 0.3) is 5.91 Å². The summed E-state index contributed by atoms with van der Waals surface area (Å²) in [6.45, 7) is 5.52. The van der Waals surface area contributed by atoms with Crippen LogP contribution in [0.4, 0.5) is 0 Å². The number of hydrogen-bond donors (Lipinski definition) is 2. The van der Waals surface area contributed by atoms with Gasteiger partial charge in [-0.3, -0.25) is 15.0 Å². The lowest BCUT2D eigenvalue weighted by Crippen LogP contribution is -2.44. The maximum absolute atomic E-state index is 11.3. The molecule has 1 aromatic carbocycles. The van der Waals surface area contributed by atoms with Crippen molar-refractivity contribution in [3.63, 3.8) is 0 Å². The molecule has 0 aromatic heterocycles. The van der Waals surface area contributed by atoms with Gasteiger partial charge < -0.3 is 9.80 Å². The Morgan fingerprint density at radius 3 is 2.80 bits per heavy atom. The van der Waals surface area contributed by atoms with E-state index in [2.05, 4.69) is 47.2 Å². The molecule has 2 unspecified atom stereocenters. The van der Waals surface area contributed by atoms with Gasteiger partial charge in [0.05, 0.1) is 12.1 Å². The summed E-state index contributed by atoms with van der Waals surface area (Å²) < 4.78 is 0. The number of carbonyl (C=O) groups excluding carboxylic acids is 1. The molecule has 1 aliphatic carbocycles. The lowest BCUT2D eigenvalue weighted by atomic mass is 9.99. The third kappa shape index (κ3) is 4.89. The molecule has 3 aliphatic rings. The average Bonchev–Trinajstić information content (AvgIpc) is 3.52. The van der Waals surface area contributed by atoms with E-state index in [1.165, 1.54) is 31.0 Å². The van der Waals surface area contributed by atoms with Crippen molar-refractivity contribution in [2.45, 2.75) is 38.3 Å². The van der Waals surface area contributed by atoms with Gasteiger partial charge in [-0.15, -0.1) is 0 Å². The highest BCUT2D eigenvalue weighted by atomic mass is 16.5. The Labute approximate surface area is 178 Å². The summed E-state index contributed by atoms with van der Waals surface area (Å²) in [5.41, 5.74) is 3.72. The highest BCUT2D eigenvalue weighted by molar-refractivity contribution is 5.98. The number of carbonyl (C=O) groups is 1. The van der Waals surface area contributed by atoms with E-state index >= 15 is 0 Å². The number of nitrogens with one attached hydrogen (secondary N) is 1. The van der Waals surface area contributed by atoms with Crippen molar-refractivity contribution in [1.82, 2.24) is 15.3 Å². The Kier molecular flexibility index (Phi) is 6.45. The highest BCUT2D eigenvalue weighted by Gasteiger charge is 2.38. The van der Waals surface area contributed by atoms with Crippen LogP contribution in [0.15, 0.2) is 71.4 Å². The minimum absolute atomic E-state index is 0.0738. The smallest absolute Gasteiger partial charge is 0.267 e. The molecular formula is C24H30N4O2. The van der Waals surface area contributed by atoms with Gasteiger partial charge in [0.2, 0.25) is 0 Å². The molecule has 1 amide bonds. The minimum Gasteiger partial charge on any atom is -0.326 e. The SMILES string of the molecule is CCCN(CC1CC1)CC1C(c2ccccc2)N=C2C=C(/C=C/C(=O)NO)C=CN21. The van der Waals surface area contributed by atoms with Gasteiger partial charge in [0, 0.05) is 25.4 Å². The number of nitrogens with zero attached hydrogens (tertiary/aromatic N) is 3. The van der Waals surface area contributed by atoms with E-state index in [1.54, 1.807) is 11.6 Å². The number of rotatable bonds is 9. The predicted molar refractivity (Wildman–Crippen MR) is 118 cm³/mol. The molecule has 0 bridgehead atoms. The molecule has 1 fully saturated rings. The monoisotopic (exact) mass is 406 g/mol. The predicted octanol–water partition coefficient (Wildman–Crippen LogP) is 3.45. The number of hydrogen-bond acceptors (Lipinski definition) is 5. The van der Waals surface area contributed by atoms with Crippen molar-refractivity contribution >= 4 is 11.7 Å². The molecule has 0 saturated heterocycles. The maximum atomic E-state index is 11.3. The molecule has 2 N–H and O–H groups in total. The molecule has 158 valence electrons. The van der Waals surface area contributed by atoms with Crippen LogP contribution in [0.2, 0.25) is 0 Å². The van der Waals surface area contributed by atoms with Crippen LogP contribution < -0.4 is 5.48 Å². The second kappa shape index (κ2) is 9.41. The molecule has 2 aliphatic heterocycles. The molecule has 1 aromatic rings. The van der Waals surface area contributed by atoms with Crippen molar-refractivity contribution in [2.75, 3.05) is 19.6 Å². The molecule has 30 heavy (non-hydrogen) atoms. The number of allylic oxidation sites excluding steroid dienone is 3. The van der Waals surface area contributed by atoms with Crippen LogP contribution in [0, 0.1) is 5.92 Å². The van der Waals surface area contributed by atoms with Crippen molar-refractivity contribution in [1.29, 1.82) is 0 Å². The van der Waals surface area contributed by atoms with E-state index in [-0.39, 0.29) is 12.1 Å². The second-order valence-electron chi connectivity index (χ2n) is 8.29. The van der Waals surface area contributed by atoms with Crippen LogP contribution in [0.3, 0.4) is 0 Å². The Bertz CT molecular complexity index is 870. The van der Waals surface area contributed by atoms with Crippen LogP contribution >= 0.6 is 0 Å². The number of hydroxylamine groups is 1. The van der Waals surface area contributed by atoms with Crippen molar-refractivity contribution in [3.8, 4) is 0 Å². The van der Waals surface area contributed by atoms with E-state index in [1.807, 2.05) is 18.2 Å². The topological polar surface area (TPSA) is 68.2 Å². The second-order valence-corrected chi connectivity index (χ2v) is 8.29. The first-order valence-corrected chi connectivity index (χ1v) is 10.8. The van der Waals surface area contributed by atoms with Gasteiger partial charge >= 0.3 is 0 Å². The van der Waals surface area contributed by atoms with E-state index in [0.717, 1.165) is 36.8 Å². The van der Waals surface area contributed by atoms with Crippen LogP contribution in [0.25, 0.3) is 0 Å². The number of aliphatic imine (C=N–C) groups is 1. The third-order valence-electron chi connectivity index (χ3n) is 5.86. The number of fused-ring (bicyclic) bond motifs is 1. The summed E-state index contributed by atoms with van der Waals surface area (Å²) in [5, 5.41) is 8.68. The maximum Gasteiger partial charge on any atom is 0.267 e. The number of benzene rings is 1. The summed E-state index contributed by atoms with van der Waals surface area (Å²) in [6.07, 6.45) is 12.9.